The Labute approximate surface area is 124 Å². The molecule has 0 saturated carbocycles. The van der Waals surface area contributed by atoms with Gasteiger partial charge in [0.15, 0.2) is 0 Å². The summed E-state index contributed by atoms with van der Waals surface area (Å²) in [6.07, 6.45) is 2.43. The summed E-state index contributed by atoms with van der Waals surface area (Å²) in [4.78, 5) is 16.1. The highest BCUT2D eigenvalue weighted by Gasteiger charge is 2.10. The lowest BCUT2D eigenvalue weighted by Crippen LogP contribution is -2.18. The number of pyridine rings is 1. The van der Waals surface area contributed by atoms with E-state index in [0.29, 0.717) is 12.1 Å². The maximum absolute atomic E-state index is 11.7. The SMILES string of the molecule is CNC(=O)c1ccnc2c(CCN)cccc12.Cl.Cl. The molecule has 2 aromatic rings. The summed E-state index contributed by atoms with van der Waals surface area (Å²) in [6.45, 7) is 0.574. The molecule has 0 aliphatic carbocycles. The van der Waals surface area contributed by atoms with Gasteiger partial charge in [-0.15, -0.1) is 24.8 Å². The molecule has 0 aliphatic heterocycles. The van der Waals surface area contributed by atoms with Crippen LogP contribution in [0.25, 0.3) is 10.9 Å². The van der Waals surface area contributed by atoms with E-state index in [1.807, 2.05) is 18.2 Å². The molecule has 19 heavy (non-hydrogen) atoms. The number of halogens is 2. The van der Waals surface area contributed by atoms with Crippen molar-refractivity contribution in [2.75, 3.05) is 13.6 Å². The molecular formula is C13H17Cl2N3O. The van der Waals surface area contributed by atoms with Gasteiger partial charge < -0.3 is 11.1 Å². The summed E-state index contributed by atoms with van der Waals surface area (Å²) in [5.41, 5.74) is 8.16. The van der Waals surface area contributed by atoms with Crippen LogP contribution in [0, 0.1) is 0 Å². The number of carbonyl (C=O) groups is 1. The summed E-state index contributed by atoms with van der Waals surface area (Å²) < 4.78 is 0. The van der Waals surface area contributed by atoms with Crippen LogP contribution in [0.1, 0.15) is 15.9 Å². The van der Waals surface area contributed by atoms with E-state index in [0.717, 1.165) is 22.9 Å². The molecule has 104 valence electrons. The van der Waals surface area contributed by atoms with Crippen LogP contribution in [0.2, 0.25) is 0 Å². The highest BCUT2D eigenvalue weighted by atomic mass is 35.5. The topological polar surface area (TPSA) is 68.0 Å². The van der Waals surface area contributed by atoms with E-state index in [2.05, 4.69) is 10.3 Å². The Morgan fingerprint density at radius 2 is 2.05 bits per heavy atom. The van der Waals surface area contributed by atoms with E-state index < -0.39 is 0 Å². The molecule has 1 aromatic carbocycles. The summed E-state index contributed by atoms with van der Waals surface area (Å²) in [6, 6.07) is 7.57. The van der Waals surface area contributed by atoms with Gasteiger partial charge in [-0.3, -0.25) is 9.78 Å². The highest BCUT2D eigenvalue weighted by Crippen LogP contribution is 2.20. The Bertz CT molecular complexity index is 561. The van der Waals surface area contributed by atoms with Crippen LogP contribution in [0.5, 0.6) is 0 Å². The predicted octanol–water partition coefficient (Wildman–Crippen LogP) is 1.94. The minimum atomic E-state index is -0.0951. The maximum atomic E-state index is 11.7. The number of hydrogen-bond donors (Lipinski definition) is 2. The first-order valence-corrected chi connectivity index (χ1v) is 5.56. The molecule has 0 fully saturated rings. The van der Waals surface area contributed by atoms with Crippen LogP contribution in [0.3, 0.4) is 0 Å². The molecular weight excluding hydrogens is 285 g/mol. The Morgan fingerprint density at radius 1 is 1.32 bits per heavy atom. The number of para-hydroxylation sites is 1. The Kier molecular flexibility index (Phi) is 7.37. The highest BCUT2D eigenvalue weighted by molar-refractivity contribution is 6.06. The number of aromatic nitrogens is 1. The van der Waals surface area contributed by atoms with Crippen LogP contribution in [-0.4, -0.2) is 24.5 Å². The zero-order valence-electron chi connectivity index (χ0n) is 10.6. The normalized spacial score (nSPS) is 9.37. The van der Waals surface area contributed by atoms with Crippen LogP contribution >= 0.6 is 24.8 Å². The van der Waals surface area contributed by atoms with E-state index in [-0.39, 0.29) is 30.7 Å². The molecule has 2 rings (SSSR count). The van der Waals surface area contributed by atoms with Gasteiger partial charge in [0.1, 0.15) is 0 Å². The summed E-state index contributed by atoms with van der Waals surface area (Å²) >= 11 is 0. The second-order valence-corrected chi connectivity index (χ2v) is 3.79. The summed E-state index contributed by atoms with van der Waals surface area (Å²) in [5.74, 6) is -0.0951. The van der Waals surface area contributed by atoms with Gasteiger partial charge >= 0.3 is 0 Å². The number of hydrogen-bond acceptors (Lipinski definition) is 3. The van der Waals surface area contributed by atoms with Crippen molar-refractivity contribution in [3.8, 4) is 0 Å². The first kappa shape index (κ1) is 17.6. The van der Waals surface area contributed by atoms with E-state index in [1.54, 1.807) is 19.3 Å². The average molecular weight is 302 g/mol. The van der Waals surface area contributed by atoms with Gasteiger partial charge in [0.2, 0.25) is 0 Å². The minimum Gasteiger partial charge on any atom is -0.355 e. The van der Waals surface area contributed by atoms with E-state index >= 15 is 0 Å². The third kappa shape index (κ3) is 3.56. The van der Waals surface area contributed by atoms with E-state index in [1.165, 1.54) is 0 Å². The molecule has 0 spiro atoms. The average Bonchev–Trinajstić information content (AvgIpc) is 2.38. The van der Waals surface area contributed by atoms with Crippen molar-refractivity contribution >= 4 is 41.6 Å². The smallest absolute Gasteiger partial charge is 0.251 e. The van der Waals surface area contributed by atoms with Crippen molar-refractivity contribution in [3.05, 3.63) is 41.6 Å². The predicted molar refractivity (Wildman–Crippen MR) is 82.4 cm³/mol. The number of amides is 1. The number of benzene rings is 1. The zero-order chi connectivity index (χ0) is 12.3. The number of fused-ring (bicyclic) bond motifs is 1. The number of carbonyl (C=O) groups excluding carboxylic acids is 1. The first-order chi connectivity index (χ1) is 8.27. The molecule has 0 aliphatic rings. The number of nitrogens with two attached hydrogens (primary N) is 1. The molecule has 0 unspecified atom stereocenters. The van der Waals surface area contributed by atoms with Gasteiger partial charge in [-0.05, 0) is 24.6 Å². The number of rotatable bonds is 3. The number of nitrogens with one attached hydrogen (secondary N) is 1. The molecule has 1 amide bonds. The van der Waals surface area contributed by atoms with Crippen molar-refractivity contribution < 1.29 is 4.79 Å². The monoisotopic (exact) mass is 301 g/mol. The lowest BCUT2D eigenvalue weighted by molar-refractivity contribution is 0.0964. The Hall–Kier alpha value is -1.36. The van der Waals surface area contributed by atoms with Gasteiger partial charge in [0.05, 0.1) is 11.1 Å². The zero-order valence-corrected chi connectivity index (χ0v) is 12.2. The van der Waals surface area contributed by atoms with E-state index in [9.17, 15) is 4.79 Å². The van der Waals surface area contributed by atoms with Crippen molar-refractivity contribution in [3.63, 3.8) is 0 Å². The van der Waals surface area contributed by atoms with Crippen molar-refractivity contribution in [2.45, 2.75) is 6.42 Å². The summed E-state index contributed by atoms with van der Waals surface area (Å²) in [5, 5.41) is 3.51. The third-order valence-corrected chi connectivity index (χ3v) is 2.74. The second kappa shape index (κ2) is 7.94. The molecule has 1 aromatic heterocycles. The second-order valence-electron chi connectivity index (χ2n) is 3.79. The van der Waals surface area contributed by atoms with Gasteiger partial charge in [-0.2, -0.15) is 0 Å². The fraction of sp³-hybridized carbons (Fsp3) is 0.231. The molecule has 6 heteroatoms. The lowest BCUT2D eigenvalue weighted by atomic mass is 10.0. The van der Waals surface area contributed by atoms with Crippen LogP contribution in [-0.2, 0) is 6.42 Å². The van der Waals surface area contributed by atoms with Gasteiger partial charge in [-0.1, -0.05) is 18.2 Å². The first-order valence-electron chi connectivity index (χ1n) is 5.56. The maximum Gasteiger partial charge on any atom is 0.251 e. The van der Waals surface area contributed by atoms with E-state index in [4.69, 9.17) is 5.73 Å². The minimum absolute atomic E-state index is 0. The fourth-order valence-electron chi connectivity index (χ4n) is 1.93. The van der Waals surface area contributed by atoms with Gasteiger partial charge in [0, 0.05) is 18.6 Å². The van der Waals surface area contributed by atoms with Crippen LogP contribution in [0.4, 0.5) is 0 Å². The molecule has 1 heterocycles. The van der Waals surface area contributed by atoms with Crippen molar-refractivity contribution in [1.82, 2.24) is 10.3 Å². The van der Waals surface area contributed by atoms with Crippen LogP contribution < -0.4 is 11.1 Å². The van der Waals surface area contributed by atoms with Crippen molar-refractivity contribution in [1.29, 1.82) is 0 Å². The van der Waals surface area contributed by atoms with Crippen molar-refractivity contribution in [2.24, 2.45) is 5.73 Å². The van der Waals surface area contributed by atoms with Gasteiger partial charge in [0.25, 0.3) is 5.91 Å². The standard InChI is InChI=1S/C13H15N3O.2ClH/c1-15-13(17)11-6-8-16-12-9(5-7-14)3-2-4-10(11)12;;/h2-4,6,8H,5,7,14H2,1H3,(H,15,17);2*1H. The molecule has 0 atom stereocenters. The molecule has 0 bridgehead atoms. The Balaban J connectivity index is 0.00000162. The lowest BCUT2D eigenvalue weighted by Gasteiger charge is -2.08. The summed E-state index contributed by atoms with van der Waals surface area (Å²) in [7, 11) is 1.62. The molecule has 4 nitrogen and oxygen atoms in total. The Morgan fingerprint density at radius 3 is 2.68 bits per heavy atom. The van der Waals surface area contributed by atoms with Gasteiger partial charge in [-0.25, -0.2) is 0 Å². The molecule has 0 radical (unpaired) electrons. The largest absolute Gasteiger partial charge is 0.355 e. The molecule has 3 N–H and O–H groups in total. The molecule has 0 saturated heterocycles. The van der Waals surface area contributed by atoms with Crippen LogP contribution in [0.15, 0.2) is 30.5 Å². The fourth-order valence-corrected chi connectivity index (χ4v) is 1.93. The number of nitrogens with zero attached hydrogens (tertiary/aromatic N) is 1. The third-order valence-electron chi connectivity index (χ3n) is 2.74. The quantitative estimate of drug-likeness (QED) is 0.910.